The molecule has 3 nitrogen and oxygen atoms in total. The van der Waals surface area contributed by atoms with Crippen molar-refractivity contribution in [3.8, 4) is 0 Å². The number of Topliss-reactive ketones (excluding diaryl/α,β-unsaturated/α-hetero) is 1. The van der Waals surface area contributed by atoms with Gasteiger partial charge in [0.2, 0.25) is 5.78 Å². The maximum atomic E-state index is 12.5. The van der Waals surface area contributed by atoms with Gasteiger partial charge in [0.1, 0.15) is 0 Å². The average molecular weight is 373 g/mol. The zero-order valence-corrected chi connectivity index (χ0v) is 17.3. The molecule has 1 atom stereocenters. The summed E-state index contributed by atoms with van der Waals surface area (Å²) in [5.41, 5.74) is 1.97. The van der Waals surface area contributed by atoms with Crippen LogP contribution >= 0.6 is 0 Å². The van der Waals surface area contributed by atoms with Gasteiger partial charge in [-0.2, -0.15) is 0 Å². The molecular formula is C24H36O3. The third-order valence-corrected chi connectivity index (χ3v) is 5.86. The Morgan fingerprint density at radius 1 is 1.00 bits per heavy atom. The Morgan fingerprint density at radius 2 is 1.67 bits per heavy atom. The van der Waals surface area contributed by atoms with E-state index in [-0.39, 0.29) is 11.8 Å². The van der Waals surface area contributed by atoms with Crippen molar-refractivity contribution in [2.75, 3.05) is 0 Å². The molecule has 1 saturated carbocycles. The zero-order chi connectivity index (χ0) is 19.6. The zero-order valence-electron chi connectivity index (χ0n) is 17.3. The molecule has 1 aromatic carbocycles. The van der Waals surface area contributed by atoms with Crippen LogP contribution in [0.4, 0.5) is 0 Å². The Kier molecular flexibility index (Phi) is 9.03. The van der Waals surface area contributed by atoms with Crippen LogP contribution < -0.4 is 0 Å². The summed E-state index contributed by atoms with van der Waals surface area (Å²) in [5.74, 6) is 1.11. The summed E-state index contributed by atoms with van der Waals surface area (Å²) in [4.78, 5) is 24.0. The molecule has 1 unspecified atom stereocenters. The maximum absolute atomic E-state index is 12.5. The largest absolute Gasteiger partial charge is 0.454 e. The van der Waals surface area contributed by atoms with Crippen molar-refractivity contribution in [1.29, 1.82) is 0 Å². The molecule has 3 heteroatoms. The monoisotopic (exact) mass is 372 g/mol. The minimum absolute atomic E-state index is 0.120. The van der Waals surface area contributed by atoms with Crippen LogP contribution in [0.3, 0.4) is 0 Å². The van der Waals surface area contributed by atoms with E-state index in [0.29, 0.717) is 17.9 Å². The molecule has 150 valence electrons. The Morgan fingerprint density at radius 3 is 2.26 bits per heavy atom. The lowest BCUT2D eigenvalue weighted by atomic mass is 9.77. The van der Waals surface area contributed by atoms with Crippen LogP contribution in [-0.2, 0) is 9.53 Å². The van der Waals surface area contributed by atoms with Gasteiger partial charge >= 0.3 is 5.97 Å². The van der Waals surface area contributed by atoms with E-state index in [1.54, 1.807) is 6.92 Å². The highest BCUT2D eigenvalue weighted by Crippen LogP contribution is 2.37. The summed E-state index contributed by atoms with van der Waals surface area (Å²) in [5, 5.41) is 0. The smallest absolute Gasteiger partial charge is 0.306 e. The third-order valence-electron chi connectivity index (χ3n) is 5.86. The fourth-order valence-electron chi connectivity index (χ4n) is 4.14. The maximum Gasteiger partial charge on any atom is 0.306 e. The summed E-state index contributed by atoms with van der Waals surface area (Å²) < 4.78 is 5.22. The van der Waals surface area contributed by atoms with Crippen molar-refractivity contribution in [3.63, 3.8) is 0 Å². The topological polar surface area (TPSA) is 43.4 Å². The van der Waals surface area contributed by atoms with Gasteiger partial charge in [-0.15, -0.1) is 0 Å². The van der Waals surface area contributed by atoms with Crippen molar-refractivity contribution in [1.82, 2.24) is 0 Å². The average Bonchev–Trinajstić information content (AvgIpc) is 2.68. The molecule has 27 heavy (non-hydrogen) atoms. The predicted octanol–water partition coefficient (Wildman–Crippen LogP) is 6.46. The second-order valence-electron chi connectivity index (χ2n) is 8.08. The number of rotatable bonds is 10. The first kappa shape index (κ1) is 21.7. The number of unbranched alkanes of at least 4 members (excludes halogenated alkanes) is 2. The third kappa shape index (κ3) is 6.79. The van der Waals surface area contributed by atoms with E-state index < -0.39 is 6.10 Å². The van der Waals surface area contributed by atoms with Gasteiger partial charge in [0.05, 0.1) is 0 Å². The first-order chi connectivity index (χ1) is 13.0. The number of esters is 1. The van der Waals surface area contributed by atoms with Crippen LogP contribution in [0.15, 0.2) is 24.3 Å². The van der Waals surface area contributed by atoms with E-state index in [4.69, 9.17) is 4.74 Å². The number of hydrogen-bond donors (Lipinski definition) is 0. The Labute approximate surface area is 164 Å². The number of ketones is 1. The van der Waals surface area contributed by atoms with E-state index in [1.165, 1.54) is 56.9 Å². The van der Waals surface area contributed by atoms with Gasteiger partial charge in [-0.3, -0.25) is 9.59 Å². The summed E-state index contributed by atoms with van der Waals surface area (Å²) in [6.45, 7) is 5.84. The summed E-state index contributed by atoms with van der Waals surface area (Å²) in [7, 11) is 0. The molecule has 0 amide bonds. The van der Waals surface area contributed by atoms with Crippen molar-refractivity contribution < 1.29 is 14.3 Å². The van der Waals surface area contributed by atoms with Crippen molar-refractivity contribution in [2.45, 2.75) is 97.0 Å². The lowest BCUT2D eigenvalue weighted by molar-refractivity contribution is -0.146. The van der Waals surface area contributed by atoms with Crippen molar-refractivity contribution >= 4 is 11.8 Å². The van der Waals surface area contributed by atoms with Crippen LogP contribution in [0.25, 0.3) is 0 Å². The number of carbonyl (C=O) groups excluding carboxylic acids is 2. The fraction of sp³-hybridized carbons (Fsp3) is 0.667. The lowest BCUT2D eigenvalue weighted by Gasteiger charge is -2.29. The SMILES string of the molecule is CCCCCC1CCC(c2ccc(C(=O)C(C)OC(=O)CCC)cc2)CC1. The van der Waals surface area contributed by atoms with Gasteiger partial charge in [-0.1, -0.05) is 63.8 Å². The molecule has 1 fully saturated rings. The highest BCUT2D eigenvalue weighted by atomic mass is 16.5. The second kappa shape index (κ2) is 11.3. The van der Waals surface area contributed by atoms with Gasteiger partial charge in [-0.05, 0) is 56.4 Å². The lowest BCUT2D eigenvalue weighted by Crippen LogP contribution is -2.24. The summed E-state index contributed by atoms with van der Waals surface area (Å²) in [6.07, 6.45) is 11.0. The molecule has 0 spiro atoms. The Hall–Kier alpha value is -1.64. The highest BCUT2D eigenvalue weighted by molar-refractivity contribution is 6.00. The first-order valence-corrected chi connectivity index (χ1v) is 10.9. The standard InChI is InChI=1S/C24H36O3/c1-4-6-7-9-19-10-12-20(13-11-19)21-14-16-22(17-15-21)24(26)18(3)27-23(25)8-5-2/h14-20H,4-13H2,1-3H3. The van der Waals surface area contributed by atoms with E-state index in [9.17, 15) is 9.59 Å². The molecule has 2 rings (SSSR count). The minimum Gasteiger partial charge on any atom is -0.454 e. The molecule has 1 aromatic rings. The predicted molar refractivity (Wildman–Crippen MR) is 110 cm³/mol. The van der Waals surface area contributed by atoms with Crippen LogP contribution in [0.2, 0.25) is 0 Å². The summed E-state index contributed by atoms with van der Waals surface area (Å²) in [6, 6.07) is 7.98. The van der Waals surface area contributed by atoms with Crippen LogP contribution in [-0.4, -0.2) is 17.9 Å². The van der Waals surface area contributed by atoms with Crippen LogP contribution in [0, 0.1) is 5.92 Å². The Bertz CT molecular complexity index is 582. The van der Waals surface area contributed by atoms with Crippen molar-refractivity contribution in [3.05, 3.63) is 35.4 Å². The van der Waals surface area contributed by atoms with E-state index in [2.05, 4.69) is 19.1 Å². The molecule has 0 saturated heterocycles. The normalized spacial score (nSPS) is 20.9. The second-order valence-corrected chi connectivity index (χ2v) is 8.08. The van der Waals surface area contributed by atoms with Gasteiger partial charge < -0.3 is 4.74 Å². The van der Waals surface area contributed by atoms with Gasteiger partial charge in [-0.25, -0.2) is 0 Å². The molecule has 0 bridgehead atoms. The fourth-order valence-corrected chi connectivity index (χ4v) is 4.14. The molecule has 1 aliphatic rings. The molecule has 0 aliphatic heterocycles. The quantitative estimate of drug-likeness (QED) is 0.269. The highest BCUT2D eigenvalue weighted by Gasteiger charge is 2.23. The molecular weight excluding hydrogens is 336 g/mol. The molecule has 0 N–H and O–H groups in total. The number of ether oxygens (including phenoxy) is 1. The summed E-state index contributed by atoms with van der Waals surface area (Å²) >= 11 is 0. The molecule has 1 aliphatic carbocycles. The molecule has 0 radical (unpaired) electrons. The van der Waals surface area contributed by atoms with Gasteiger partial charge in [0.25, 0.3) is 0 Å². The van der Waals surface area contributed by atoms with Gasteiger partial charge in [0.15, 0.2) is 6.10 Å². The van der Waals surface area contributed by atoms with Gasteiger partial charge in [0, 0.05) is 12.0 Å². The Balaban J connectivity index is 1.84. The number of hydrogen-bond acceptors (Lipinski definition) is 3. The number of benzene rings is 1. The van der Waals surface area contributed by atoms with E-state index in [0.717, 1.165) is 12.3 Å². The minimum atomic E-state index is -0.714. The van der Waals surface area contributed by atoms with Crippen LogP contribution in [0.5, 0.6) is 0 Å². The van der Waals surface area contributed by atoms with E-state index >= 15 is 0 Å². The first-order valence-electron chi connectivity index (χ1n) is 10.9. The van der Waals surface area contributed by atoms with Crippen molar-refractivity contribution in [2.24, 2.45) is 5.92 Å². The van der Waals surface area contributed by atoms with E-state index in [1.807, 2.05) is 19.1 Å². The van der Waals surface area contributed by atoms with Crippen LogP contribution in [0.1, 0.15) is 107 Å². The number of carbonyl (C=O) groups is 2. The molecule has 0 heterocycles. The molecule has 0 aromatic heterocycles.